The normalized spacial score (nSPS) is 16.1. The highest BCUT2D eigenvalue weighted by Gasteiger charge is 2.73. The number of hydrogen-bond acceptors (Lipinski definition) is 0. The Bertz CT molecular complexity index is 2000. The molecule has 0 saturated carbocycles. The van der Waals surface area contributed by atoms with Gasteiger partial charge in [-0.25, -0.2) is 0 Å². The average molecular weight is 511 g/mol. The summed E-state index contributed by atoms with van der Waals surface area (Å²) in [5.41, 5.74) is 18.2. The molecule has 4 aliphatic rings. The fourth-order valence-electron chi connectivity index (χ4n) is 9.02. The number of aryl methyl sites for hydroxylation is 2. The Morgan fingerprint density at radius 3 is 1.35 bits per heavy atom. The van der Waals surface area contributed by atoms with Crippen LogP contribution in [0.15, 0.2) is 122 Å². The molecule has 6 aromatic rings. The number of pyridine rings is 2. The number of nitrogens with zero attached hydrogens (tertiary/aromatic N) is 2. The first kappa shape index (κ1) is 21.1. The monoisotopic (exact) mass is 510 g/mol. The van der Waals surface area contributed by atoms with Crippen LogP contribution in [0.1, 0.15) is 44.5 Å². The topological polar surface area (TPSA) is 7.76 Å². The SMILES string of the molecule is Cc1ccc[n+]2c1-c1cccc3c1C21c2c(cccc2C32c3ccccc3-c3ccccc32)-c2c(C)ccc[n+]21. The van der Waals surface area contributed by atoms with Crippen molar-refractivity contribution in [1.29, 1.82) is 0 Å². The van der Waals surface area contributed by atoms with E-state index in [2.05, 4.69) is 145 Å². The lowest BCUT2D eigenvalue weighted by Gasteiger charge is -2.41. The van der Waals surface area contributed by atoms with Gasteiger partial charge in [0, 0.05) is 23.3 Å². The van der Waals surface area contributed by atoms with Crippen molar-refractivity contribution in [2.45, 2.75) is 24.9 Å². The first-order chi connectivity index (χ1) is 19.7. The Morgan fingerprint density at radius 1 is 0.425 bits per heavy atom. The molecule has 2 heteroatoms. The molecule has 0 saturated heterocycles. The van der Waals surface area contributed by atoms with Crippen LogP contribution in [0.25, 0.3) is 33.6 Å². The fraction of sp³-hybridized carbons (Fsp3) is 0.105. The molecule has 2 nitrogen and oxygen atoms in total. The van der Waals surface area contributed by atoms with E-state index in [0.717, 1.165) is 0 Å². The summed E-state index contributed by atoms with van der Waals surface area (Å²) in [5, 5.41) is 0. The predicted molar refractivity (Wildman–Crippen MR) is 156 cm³/mol. The van der Waals surface area contributed by atoms with Gasteiger partial charge >= 0.3 is 5.66 Å². The highest BCUT2D eigenvalue weighted by Crippen LogP contribution is 2.65. The van der Waals surface area contributed by atoms with Gasteiger partial charge in [-0.05, 0) is 71.5 Å². The Balaban J connectivity index is 1.53. The molecular formula is C38H26N2+2. The maximum absolute atomic E-state index is 2.58. The summed E-state index contributed by atoms with van der Waals surface area (Å²) < 4.78 is 5.16. The van der Waals surface area contributed by atoms with Crippen molar-refractivity contribution in [3.05, 3.63) is 166 Å². The van der Waals surface area contributed by atoms with Crippen molar-refractivity contribution in [3.63, 3.8) is 0 Å². The summed E-state index contributed by atoms with van der Waals surface area (Å²) in [7, 11) is 0. The Labute approximate surface area is 233 Å². The van der Waals surface area contributed by atoms with Crippen LogP contribution in [-0.4, -0.2) is 0 Å². The summed E-state index contributed by atoms with van der Waals surface area (Å²) in [6.45, 7) is 4.53. The van der Waals surface area contributed by atoms with Gasteiger partial charge in [0.05, 0.1) is 16.5 Å². The molecule has 0 atom stereocenters. The molecule has 2 aliphatic carbocycles. The number of fused-ring (bicyclic) bond motifs is 11. The zero-order chi connectivity index (χ0) is 26.4. The smallest absolute Gasteiger partial charge is 0.125 e. The van der Waals surface area contributed by atoms with Gasteiger partial charge in [0.1, 0.15) is 11.1 Å². The van der Waals surface area contributed by atoms with E-state index in [1.165, 1.54) is 78.1 Å². The third kappa shape index (κ3) is 1.94. The molecule has 4 heterocycles. The number of rotatable bonds is 0. The van der Waals surface area contributed by atoms with Crippen molar-refractivity contribution in [2.24, 2.45) is 0 Å². The van der Waals surface area contributed by atoms with Gasteiger partial charge in [-0.2, -0.15) is 0 Å². The first-order valence-corrected chi connectivity index (χ1v) is 14.2. The first-order valence-electron chi connectivity index (χ1n) is 14.2. The maximum Gasteiger partial charge on any atom is 0.418 e. The van der Waals surface area contributed by atoms with Crippen molar-refractivity contribution in [3.8, 4) is 33.6 Å². The van der Waals surface area contributed by atoms with Crippen LogP contribution in [0.4, 0.5) is 0 Å². The third-order valence-electron chi connectivity index (χ3n) is 10.2. The van der Waals surface area contributed by atoms with Crippen molar-refractivity contribution >= 4 is 0 Å². The molecule has 0 unspecified atom stereocenters. The summed E-state index contributed by atoms with van der Waals surface area (Å²) in [4.78, 5) is 0. The largest absolute Gasteiger partial charge is 0.418 e. The molecule has 0 bridgehead atoms. The van der Waals surface area contributed by atoms with Crippen LogP contribution >= 0.6 is 0 Å². The maximum atomic E-state index is 2.58. The van der Waals surface area contributed by atoms with Crippen LogP contribution in [-0.2, 0) is 11.1 Å². The van der Waals surface area contributed by atoms with E-state index in [1.54, 1.807) is 0 Å². The van der Waals surface area contributed by atoms with E-state index in [9.17, 15) is 0 Å². The highest BCUT2D eigenvalue weighted by molar-refractivity contribution is 5.92. The van der Waals surface area contributed by atoms with Crippen LogP contribution < -0.4 is 9.13 Å². The molecule has 0 radical (unpaired) electrons. The summed E-state index contributed by atoms with van der Waals surface area (Å²) in [6, 6.07) is 41.3. The summed E-state index contributed by atoms with van der Waals surface area (Å²) in [5.74, 6) is 0. The number of hydrogen-bond donors (Lipinski definition) is 0. The van der Waals surface area contributed by atoms with Crippen LogP contribution in [0.5, 0.6) is 0 Å². The molecule has 10 rings (SSSR count). The molecule has 4 aromatic carbocycles. The Morgan fingerprint density at radius 2 is 0.850 bits per heavy atom. The fourth-order valence-corrected chi connectivity index (χ4v) is 9.02. The third-order valence-corrected chi connectivity index (χ3v) is 10.2. The molecule has 186 valence electrons. The molecule has 40 heavy (non-hydrogen) atoms. The summed E-state index contributed by atoms with van der Waals surface area (Å²) in [6.07, 6.45) is 4.62. The lowest BCUT2D eigenvalue weighted by Crippen LogP contribution is -2.73. The van der Waals surface area contributed by atoms with Crippen LogP contribution in [0.3, 0.4) is 0 Å². The van der Waals surface area contributed by atoms with Crippen LogP contribution in [0, 0.1) is 13.8 Å². The van der Waals surface area contributed by atoms with E-state index < -0.39 is 5.66 Å². The van der Waals surface area contributed by atoms with Crippen LogP contribution in [0.2, 0.25) is 0 Å². The van der Waals surface area contributed by atoms with Gasteiger partial charge < -0.3 is 0 Å². The van der Waals surface area contributed by atoms with E-state index in [-0.39, 0.29) is 5.41 Å². The van der Waals surface area contributed by atoms with E-state index in [4.69, 9.17) is 0 Å². The van der Waals surface area contributed by atoms with Gasteiger partial charge in [-0.1, -0.05) is 72.8 Å². The summed E-state index contributed by atoms with van der Waals surface area (Å²) >= 11 is 0. The minimum atomic E-state index is -0.474. The standard InChI is InChI=1S/C38H26N2/c1-23-11-9-21-39-35(23)27-15-7-19-31-33(27)38(39)34-28(36-24(2)12-10-22-40(36)38)16-8-20-32(34)37(31)29-17-5-3-13-25(29)26-14-4-6-18-30(26)37/h3-22H,1-2H3/q+2. The van der Waals surface area contributed by atoms with Gasteiger partial charge in [-0.15, -0.1) is 9.13 Å². The van der Waals surface area contributed by atoms with Crippen molar-refractivity contribution in [2.75, 3.05) is 0 Å². The molecular weight excluding hydrogens is 484 g/mol. The minimum absolute atomic E-state index is 0.389. The average Bonchev–Trinajstić information content (AvgIpc) is 3.58. The highest BCUT2D eigenvalue weighted by atomic mass is 15.3. The quantitative estimate of drug-likeness (QED) is 0.198. The molecule has 0 amide bonds. The van der Waals surface area contributed by atoms with Gasteiger partial charge in [0.25, 0.3) is 0 Å². The Hall–Kier alpha value is -4.82. The minimum Gasteiger partial charge on any atom is -0.125 e. The van der Waals surface area contributed by atoms with Gasteiger partial charge in [-0.3, -0.25) is 0 Å². The number of aromatic nitrogens is 2. The van der Waals surface area contributed by atoms with E-state index in [1.807, 2.05) is 0 Å². The molecule has 2 aromatic heterocycles. The van der Waals surface area contributed by atoms with Crippen molar-refractivity contribution in [1.82, 2.24) is 0 Å². The molecule has 0 fully saturated rings. The molecule has 2 aliphatic heterocycles. The lowest BCUT2D eigenvalue weighted by atomic mass is 9.58. The number of benzene rings is 4. The zero-order valence-electron chi connectivity index (χ0n) is 22.4. The molecule has 0 N–H and O–H groups in total. The Kier molecular flexibility index (Phi) is 3.50. The van der Waals surface area contributed by atoms with E-state index >= 15 is 0 Å². The van der Waals surface area contributed by atoms with Gasteiger partial charge in [0.15, 0.2) is 12.4 Å². The second-order valence-electron chi connectivity index (χ2n) is 11.8. The molecule has 2 spiro atoms. The zero-order valence-corrected chi connectivity index (χ0v) is 22.4. The van der Waals surface area contributed by atoms with E-state index in [0.29, 0.717) is 0 Å². The van der Waals surface area contributed by atoms with Gasteiger partial charge in [0.2, 0.25) is 11.4 Å². The second-order valence-corrected chi connectivity index (χ2v) is 11.8. The predicted octanol–water partition coefficient (Wildman–Crippen LogP) is 6.81. The lowest BCUT2D eigenvalue weighted by molar-refractivity contribution is -0.955. The van der Waals surface area contributed by atoms with Crippen molar-refractivity contribution < 1.29 is 9.13 Å². The second kappa shape index (κ2) is 6.66.